The van der Waals surface area contributed by atoms with Gasteiger partial charge in [-0.25, -0.2) is 4.79 Å². The topological polar surface area (TPSA) is 57.7 Å². The average Bonchev–Trinajstić information content (AvgIpc) is 2.65. The van der Waals surface area contributed by atoms with Crippen LogP contribution in [0.3, 0.4) is 0 Å². The number of esters is 1. The summed E-state index contributed by atoms with van der Waals surface area (Å²) < 4.78 is 54.8. The maximum atomic E-state index is 13.0. The highest BCUT2D eigenvalue weighted by Gasteiger charge is 2.52. The van der Waals surface area contributed by atoms with Crippen molar-refractivity contribution < 1.29 is 32.0 Å². The summed E-state index contributed by atoms with van der Waals surface area (Å²) in [7, 11) is 0.0856. The lowest BCUT2D eigenvalue weighted by Gasteiger charge is -2.32. The van der Waals surface area contributed by atoms with Gasteiger partial charge in [0.05, 0.1) is 23.9 Å². The molecule has 1 fully saturated rings. The molecule has 0 atom stereocenters. The fraction of sp³-hybridized carbons (Fsp3) is 0.571. The minimum atomic E-state index is -4.77. The van der Waals surface area contributed by atoms with Gasteiger partial charge < -0.3 is 14.0 Å². The van der Waals surface area contributed by atoms with Gasteiger partial charge in [0.15, 0.2) is 5.69 Å². The van der Waals surface area contributed by atoms with Gasteiger partial charge in [-0.1, -0.05) is 0 Å². The average molecular weight is 331 g/mol. The van der Waals surface area contributed by atoms with Gasteiger partial charge in [-0.2, -0.15) is 13.2 Å². The highest BCUT2D eigenvalue weighted by molar-refractivity contribution is 6.62. The zero-order valence-corrected chi connectivity index (χ0v) is 13.4. The lowest BCUT2D eigenvalue weighted by molar-refractivity contribution is -0.141. The van der Waals surface area contributed by atoms with E-state index >= 15 is 0 Å². The number of nitrogens with zero attached hydrogens (tertiary/aromatic N) is 1. The summed E-state index contributed by atoms with van der Waals surface area (Å²) >= 11 is 0. The van der Waals surface area contributed by atoms with E-state index in [1.165, 1.54) is 0 Å². The van der Waals surface area contributed by atoms with Crippen LogP contribution in [0.2, 0.25) is 0 Å². The van der Waals surface area contributed by atoms with Crippen LogP contribution >= 0.6 is 0 Å². The second kappa shape index (κ2) is 5.49. The largest absolute Gasteiger partial charge is 0.496 e. The molecule has 0 saturated carbocycles. The monoisotopic (exact) mass is 331 g/mol. The number of alkyl halides is 3. The molecule has 126 valence electrons. The number of rotatable bonds is 2. The van der Waals surface area contributed by atoms with Crippen LogP contribution in [0.25, 0.3) is 0 Å². The highest BCUT2D eigenvalue weighted by atomic mass is 19.4. The van der Waals surface area contributed by atoms with Crippen molar-refractivity contribution >= 4 is 18.6 Å². The number of hydrogen-bond acceptors (Lipinski definition) is 5. The van der Waals surface area contributed by atoms with Crippen LogP contribution in [0.1, 0.15) is 43.7 Å². The van der Waals surface area contributed by atoms with Crippen molar-refractivity contribution in [2.45, 2.75) is 45.1 Å². The molecule has 0 spiro atoms. The van der Waals surface area contributed by atoms with Gasteiger partial charge in [0.25, 0.3) is 0 Å². The SMILES string of the molecule is COC(=O)c1cc(B2OC(C)(C)C(C)(C)O2)cnc1C(F)(F)F. The molecular formula is C14H17BF3NO4. The Bertz CT molecular complexity index is 615. The zero-order valence-electron chi connectivity index (χ0n) is 13.4. The third-order valence-electron chi connectivity index (χ3n) is 4.11. The first kappa shape index (κ1) is 17.7. The molecule has 1 aromatic heterocycles. The molecule has 0 bridgehead atoms. The molecule has 5 nitrogen and oxygen atoms in total. The normalized spacial score (nSPS) is 19.7. The van der Waals surface area contributed by atoms with E-state index in [1.54, 1.807) is 0 Å². The third kappa shape index (κ3) is 3.21. The predicted octanol–water partition coefficient (Wildman–Crippen LogP) is 2.19. The van der Waals surface area contributed by atoms with Gasteiger partial charge in [0.2, 0.25) is 0 Å². The van der Waals surface area contributed by atoms with E-state index in [0.717, 1.165) is 19.4 Å². The fourth-order valence-electron chi connectivity index (χ4n) is 2.08. The molecule has 0 aromatic carbocycles. The van der Waals surface area contributed by atoms with Crippen LogP contribution in [0, 0.1) is 0 Å². The van der Waals surface area contributed by atoms with E-state index in [0.29, 0.717) is 0 Å². The molecular weight excluding hydrogens is 314 g/mol. The molecule has 2 heterocycles. The van der Waals surface area contributed by atoms with E-state index in [2.05, 4.69) is 9.72 Å². The molecule has 1 aliphatic heterocycles. The Hall–Kier alpha value is -1.61. The Kier molecular flexibility index (Phi) is 4.23. The van der Waals surface area contributed by atoms with Crippen LogP contribution in [0.15, 0.2) is 12.3 Å². The molecule has 1 aromatic rings. The minimum absolute atomic E-state index is 0.219. The number of halogens is 3. The lowest BCUT2D eigenvalue weighted by Crippen LogP contribution is -2.41. The molecule has 2 rings (SSSR count). The number of methoxy groups -OCH3 is 1. The summed E-state index contributed by atoms with van der Waals surface area (Å²) in [4.78, 5) is 15.0. The standard InChI is InChI=1S/C14H17BF3NO4/c1-12(2)13(3,4)23-15(22-12)8-6-9(11(20)21-5)10(19-7-8)14(16,17)18/h6-7H,1-5H3. The number of hydrogen-bond donors (Lipinski definition) is 0. The minimum Gasteiger partial charge on any atom is -0.465 e. The van der Waals surface area contributed by atoms with Crippen molar-refractivity contribution in [1.82, 2.24) is 4.98 Å². The number of carbonyl (C=O) groups excluding carboxylic acids is 1. The first-order valence-corrected chi connectivity index (χ1v) is 6.90. The van der Waals surface area contributed by atoms with Crippen molar-refractivity contribution in [2.75, 3.05) is 7.11 Å². The summed E-state index contributed by atoms with van der Waals surface area (Å²) in [6.07, 6.45) is -3.77. The number of aromatic nitrogens is 1. The molecule has 0 amide bonds. The van der Waals surface area contributed by atoms with Crippen molar-refractivity contribution in [2.24, 2.45) is 0 Å². The molecule has 0 N–H and O–H groups in total. The molecule has 9 heteroatoms. The maximum Gasteiger partial charge on any atom is 0.496 e. The van der Waals surface area contributed by atoms with E-state index in [-0.39, 0.29) is 5.46 Å². The zero-order chi connectivity index (χ0) is 17.6. The van der Waals surface area contributed by atoms with Crippen molar-refractivity contribution in [3.63, 3.8) is 0 Å². The van der Waals surface area contributed by atoms with Crippen molar-refractivity contribution in [3.05, 3.63) is 23.5 Å². The molecule has 1 saturated heterocycles. The van der Waals surface area contributed by atoms with Crippen LogP contribution in [0.4, 0.5) is 13.2 Å². The van der Waals surface area contributed by atoms with E-state index < -0.39 is 41.7 Å². The first-order valence-electron chi connectivity index (χ1n) is 6.90. The Morgan fingerprint density at radius 3 is 2.17 bits per heavy atom. The Balaban J connectivity index is 2.45. The smallest absolute Gasteiger partial charge is 0.465 e. The summed E-state index contributed by atoms with van der Waals surface area (Å²) in [6, 6.07) is 1.05. The molecule has 0 radical (unpaired) electrons. The van der Waals surface area contributed by atoms with Crippen molar-refractivity contribution in [3.8, 4) is 0 Å². The number of carbonyl (C=O) groups is 1. The maximum absolute atomic E-state index is 13.0. The van der Waals surface area contributed by atoms with Gasteiger partial charge >= 0.3 is 19.3 Å². The Morgan fingerprint density at radius 2 is 1.74 bits per heavy atom. The van der Waals surface area contributed by atoms with Crippen LogP contribution in [-0.2, 0) is 20.2 Å². The van der Waals surface area contributed by atoms with E-state index in [1.807, 2.05) is 27.7 Å². The van der Waals surface area contributed by atoms with E-state index in [9.17, 15) is 18.0 Å². The third-order valence-corrected chi connectivity index (χ3v) is 4.11. The molecule has 0 unspecified atom stereocenters. The molecule has 0 aliphatic carbocycles. The quantitative estimate of drug-likeness (QED) is 0.614. The van der Waals surface area contributed by atoms with Gasteiger partial charge in [0.1, 0.15) is 0 Å². The van der Waals surface area contributed by atoms with Crippen molar-refractivity contribution in [1.29, 1.82) is 0 Å². The summed E-state index contributed by atoms with van der Waals surface area (Å²) in [5.74, 6) is -1.12. The van der Waals surface area contributed by atoms with Crippen LogP contribution in [-0.4, -0.2) is 36.4 Å². The second-order valence-corrected chi connectivity index (χ2v) is 6.24. The first-order chi connectivity index (χ1) is 10.4. The van der Waals surface area contributed by atoms with E-state index in [4.69, 9.17) is 9.31 Å². The summed E-state index contributed by atoms with van der Waals surface area (Å²) in [6.45, 7) is 7.24. The predicted molar refractivity (Wildman–Crippen MR) is 76.3 cm³/mol. The second-order valence-electron chi connectivity index (χ2n) is 6.24. The molecule has 23 heavy (non-hydrogen) atoms. The van der Waals surface area contributed by atoms with Gasteiger partial charge in [-0.15, -0.1) is 0 Å². The van der Waals surface area contributed by atoms with Gasteiger partial charge in [-0.3, -0.25) is 4.98 Å². The van der Waals surface area contributed by atoms with Gasteiger partial charge in [-0.05, 0) is 33.8 Å². The van der Waals surface area contributed by atoms with Gasteiger partial charge in [0, 0.05) is 11.7 Å². The molecule has 1 aliphatic rings. The Labute approximate surface area is 132 Å². The Morgan fingerprint density at radius 1 is 1.22 bits per heavy atom. The summed E-state index contributed by atoms with van der Waals surface area (Å²) in [5, 5.41) is 0. The highest BCUT2D eigenvalue weighted by Crippen LogP contribution is 2.37. The fourth-order valence-corrected chi connectivity index (χ4v) is 2.08. The van der Waals surface area contributed by atoms with Crippen LogP contribution in [0.5, 0.6) is 0 Å². The number of ether oxygens (including phenoxy) is 1. The lowest BCUT2D eigenvalue weighted by atomic mass is 9.79. The summed E-state index contributed by atoms with van der Waals surface area (Å²) in [5.41, 5.74) is -3.08. The van der Waals surface area contributed by atoms with Crippen LogP contribution < -0.4 is 5.46 Å². The number of pyridine rings is 1.